The van der Waals surface area contributed by atoms with Crippen LogP contribution >= 0.6 is 0 Å². The molecule has 1 heterocycles. The molecular formula is C21H22F3NO. The minimum atomic E-state index is -1.54. The molecule has 1 amide bonds. The lowest BCUT2D eigenvalue weighted by Crippen LogP contribution is -2.59. The van der Waals surface area contributed by atoms with Gasteiger partial charge in [0.15, 0.2) is 17.5 Å². The molecule has 138 valence electrons. The van der Waals surface area contributed by atoms with Gasteiger partial charge in [-0.3, -0.25) is 4.79 Å². The van der Waals surface area contributed by atoms with Gasteiger partial charge >= 0.3 is 0 Å². The minimum Gasteiger partial charge on any atom is -0.335 e. The first-order chi connectivity index (χ1) is 12.3. The number of piperidine rings is 1. The van der Waals surface area contributed by atoms with Crippen molar-refractivity contribution in [2.24, 2.45) is 11.3 Å². The Morgan fingerprint density at radius 2 is 1.77 bits per heavy atom. The zero-order chi connectivity index (χ0) is 18.6. The van der Waals surface area contributed by atoms with Crippen LogP contribution in [0.3, 0.4) is 0 Å². The molecule has 2 fully saturated rings. The molecule has 0 N–H and O–H groups in total. The van der Waals surface area contributed by atoms with Gasteiger partial charge in [-0.15, -0.1) is 0 Å². The highest BCUT2D eigenvalue weighted by atomic mass is 19.2. The second-order valence-corrected chi connectivity index (χ2v) is 8.10. The molecular weight excluding hydrogens is 339 g/mol. The normalized spacial score (nSPS) is 26.7. The Morgan fingerprint density at radius 3 is 2.46 bits per heavy atom. The number of carbonyl (C=O) groups excluding carboxylic acids is 1. The van der Waals surface area contributed by atoms with E-state index in [2.05, 4.69) is 26.0 Å². The summed E-state index contributed by atoms with van der Waals surface area (Å²) in [5.41, 5.74) is 2.48. The molecule has 4 rings (SSSR count). The smallest absolute Gasteiger partial charge is 0.254 e. The molecule has 1 aliphatic heterocycles. The largest absolute Gasteiger partial charge is 0.335 e. The van der Waals surface area contributed by atoms with E-state index in [1.54, 1.807) is 4.90 Å². The number of nitrogens with zero attached hydrogens (tertiary/aromatic N) is 1. The van der Waals surface area contributed by atoms with E-state index in [1.165, 1.54) is 11.1 Å². The summed E-state index contributed by atoms with van der Waals surface area (Å²) in [7, 11) is 0. The zero-order valence-corrected chi connectivity index (χ0v) is 15.0. The molecule has 26 heavy (non-hydrogen) atoms. The molecule has 0 radical (unpaired) electrons. The van der Waals surface area contributed by atoms with Gasteiger partial charge in [0.2, 0.25) is 0 Å². The van der Waals surface area contributed by atoms with Crippen LogP contribution in [-0.2, 0) is 0 Å². The molecule has 2 nitrogen and oxygen atoms in total. The predicted octanol–water partition coefficient (Wildman–Crippen LogP) is 5.01. The average Bonchev–Trinajstić information content (AvgIpc) is 2.58. The topological polar surface area (TPSA) is 20.3 Å². The van der Waals surface area contributed by atoms with Crippen LogP contribution in [0.25, 0.3) is 0 Å². The van der Waals surface area contributed by atoms with E-state index < -0.39 is 23.4 Å². The SMILES string of the molecule is CC1(C)[C@H]2CCN(C(=O)c3cc(F)c(F)c(F)c3)[C@@H]1CC1=CCCC=C12. The lowest BCUT2D eigenvalue weighted by atomic mass is 9.57. The van der Waals surface area contributed by atoms with Crippen molar-refractivity contribution in [1.82, 2.24) is 4.90 Å². The first-order valence-corrected chi connectivity index (χ1v) is 9.15. The molecule has 0 unspecified atom stereocenters. The van der Waals surface area contributed by atoms with Crippen molar-refractivity contribution in [2.45, 2.75) is 45.6 Å². The van der Waals surface area contributed by atoms with Gasteiger partial charge in [-0.1, -0.05) is 26.0 Å². The molecule has 2 atom stereocenters. The Balaban J connectivity index is 1.70. The third kappa shape index (κ3) is 2.51. The Bertz CT molecular complexity index is 817. The van der Waals surface area contributed by atoms with Crippen LogP contribution < -0.4 is 0 Å². The summed E-state index contributed by atoms with van der Waals surface area (Å²) < 4.78 is 40.4. The van der Waals surface area contributed by atoms with E-state index in [0.717, 1.165) is 37.8 Å². The number of likely N-dealkylation sites (tertiary alicyclic amines) is 1. The number of allylic oxidation sites excluding steroid dienone is 3. The summed E-state index contributed by atoms with van der Waals surface area (Å²) in [5, 5.41) is 0. The summed E-state index contributed by atoms with van der Waals surface area (Å²) in [6.45, 7) is 4.88. The Morgan fingerprint density at radius 1 is 1.12 bits per heavy atom. The van der Waals surface area contributed by atoms with Crippen LogP contribution in [-0.4, -0.2) is 23.4 Å². The summed E-state index contributed by atoms with van der Waals surface area (Å²) in [6.07, 6.45) is 8.25. The second kappa shape index (κ2) is 6.00. The van der Waals surface area contributed by atoms with Crippen LogP contribution in [0.5, 0.6) is 0 Å². The number of rotatable bonds is 1. The summed E-state index contributed by atoms with van der Waals surface area (Å²) in [4.78, 5) is 14.7. The van der Waals surface area contributed by atoms with Crippen LogP contribution in [0, 0.1) is 28.8 Å². The van der Waals surface area contributed by atoms with Crippen molar-refractivity contribution in [1.29, 1.82) is 0 Å². The number of hydrogen-bond acceptors (Lipinski definition) is 1. The first-order valence-electron chi connectivity index (χ1n) is 9.15. The monoisotopic (exact) mass is 361 g/mol. The maximum absolute atomic E-state index is 13.6. The van der Waals surface area contributed by atoms with Gasteiger partial charge in [0.25, 0.3) is 5.91 Å². The molecule has 2 bridgehead atoms. The van der Waals surface area contributed by atoms with Gasteiger partial charge in [0.1, 0.15) is 0 Å². The molecule has 1 saturated carbocycles. The van der Waals surface area contributed by atoms with E-state index in [-0.39, 0.29) is 17.0 Å². The molecule has 0 aromatic heterocycles. The van der Waals surface area contributed by atoms with E-state index in [9.17, 15) is 18.0 Å². The maximum atomic E-state index is 13.6. The van der Waals surface area contributed by atoms with E-state index >= 15 is 0 Å². The Labute approximate surface area is 151 Å². The van der Waals surface area contributed by atoms with Crippen LogP contribution in [0.1, 0.15) is 49.9 Å². The van der Waals surface area contributed by atoms with Crippen molar-refractivity contribution in [2.75, 3.05) is 6.54 Å². The number of benzene rings is 1. The number of carbonyl (C=O) groups is 1. The van der Waals surface area contributed by atoms with Gasteiger partial charge in [-0.25, -0.2) is 13.2 Å². The highest BCUT2D eigenvalue weighted by Crippen LogP contribution is 2.53. The highest BCUT2D eigenvalue weighted by molar-refractivity contribution is 5.94. The van der Waals surface area contributed by atoms with Gasteiger partial charge in [0, 0.05) is 18.2 Å². The maximum Gasteiger partial charge on any atom is 0.254 e. The fourth-order valence-electron chi connectivity index (χ4n) is 4.97. The fourth-order valence-corrected chi connectivity index (χ4v) is 4.97. The quantitative estimate of drug-likeness (QED) is 0.644. The molecule has 0 spiro atoms. The van der Waals surface area contributed by atoms with E-state index in [1.807, 2.05) is 0 Å². The first kappa shape index (κ1) is 17.4. The zero-order valence-electron chi connectivity index (χ0n) is 15.0. The lowest BCUT2D eigenvalue weighted by molar-refractivity contribution is -0.00248. The fraction of sp³-hybridized carbons (Fsp3) is 0.476. The highest BCUT2D eigenvalue weighted by Gasteiger charge is 2.51. The van der Waals surface area contributed by atoms with Crippen LogP contribution in [0.4, 0.5) is 13.2 Å². The molecule has 1 aromatic carbocycles. The second-order valence-electron chi connectivity index (χ2n) is 8.10. The Kier molecular flexibility index (Phi) is 4.01. The molecule has 5 heteroatoms. The minimum absolute atomic E-state index is 0.0357. The van der Waals surface area contributed by atoms with Crippen molar-refractivity contribution in [3.8, 4) is 0 Å². The number of hydrogen-bond donors (Lipinski definition) is 0. The summed E-state index contributed by atoms with van der Waals surface area (Å²) in [6, 6.07) is 1.56. The van der Waals surface area contributed by atoms with Crippen LogP contribution in [0.2, 0.25) is 0 Å². The van der Waals surface area contributed by atoms with Crippen LogP contribution in [0.15, 0.2) is 35.4 Å². The van der Waals surface area contributed by atoms with Gasteiger partial charge < -0.3 is 4.90 Å². The molecule has 1 saturated heterocycles. The van der Waals surface area contributed by atoms with Gasteiger partial charge in [0.05, 0.1) is 0 Å². The third-order valence-electron chi connectivity index (χ3n) is 6.36. The predicted molar refractivity (Wildman–Crippen MR) is 93.0 cm³/mol. The van der Waals surface area contributed by atoms with E-state index in [4.69, 9.17) is 0 Å². The third-order valence-corrected chi connectivity index (χ3v) is 6.36. The van der Waals surface area contributed by atoms with Crippen molar-refractivity contribution in [3.05, 3.63) is 58.4 Å². The van der Waals surface area contributed by atoms with Crippen molar-refractivity contribution < 1.29 is 18.0 Å². The molecule has 1 aromatic rings. The summed E-state index contributed by atoms with van der Waals surface area (Å²) in [5.74, 6) is -4.24. The average molecular weight is 361 g/mol. The molecule has 3 aliphatic rings. The molecule has 2 aliphatic carbocycles. The van der Waals surface area contributed by atoms with Gasteiger partial charge in [-0.05, 0) is 60.3 Å². The lowest BCUT2D eigenvalue weighted by Gasteiger charge is -2.56. The van der Waals surface area contributed by atoms with Crippen molar-refractivity contribution in [3.63, 3.8) is 0 Å². The van der Waals surface area contributed by atoms with E-state index in [0.29, 0.717) is 12.5 Å². The van der Waals surface area contributed by atoms with Crippen molar-refractivity contribution >= 4 is 5.91 Å². The number of fused-ring (bicyclic) bond motifs is 4. The number of halogens is 3. The summed E-state index contributed by atoms with van der Waals surface area (Å²) >= 11 is 0. The van der Waals surface area contributed by atoms with Gasteiger partial charge in [-0.2, -0.15) is 0 Å². The number of amides is 1. The Hall–Kier alpha value is -2.04. The standard InChI is InChI=1S/C21H22F3NO/c1-21(2)15-7-8-25(18(21)11-12-5-3-4-6-14(12)15)20(26)13-9-16(22)19(24)17(23)10-13/h5-6,9-10,15,18H,3-4,7-8,11H2,1-2H3/t15-,18+/m0/s1.